The summed E-state index contributed by atoms with van der Waals surface area (Å²) in [7, 11) is 0. The highest BCUT2D eigenvalue weighted by Gasteiger charge is 2.29. The zero-order valence-electron chi connectivity index (χ0n) is 8.61. The number of benzene rings is 1. The molecule has 0 N–H and O–H groups in total. The third kappa shape index (κ3) is 1.40. The highest BCUT2D eigenvalue weighted by atomic mass is 35.5. The van der Waals surface area contributed by atoms with E-state index in [0.717, 1.165) is 0 Å². The van der Waals surface area contributed by atoms with Crippen molar-refractivity contribution in [1.82, 2.24) is 4.98 Å². The molecule has 0 aliphatic heterocycles. The van der Waals surface area contributed by atoms with Gasteiger partial charge in [-0.3, -0.25) is 14.6 Å². The Morgan fingerprint density at radius 2 is 1.59 bits per heavy atom. The maximum Gasteiger partial charge on any atom is 0.196 e. The maximum absolute atomic E-state index is 12.2. The fraction of sp³-hybridized carbons (Fsp3) is 0. The lowest BCUT2D eigenvalue weighted by atomic mass is 9.85. The zero-order valence-corrected chi connectivity index (χ0v) is 9.36. The summed E-state index contributed by atoms with van der Waals surface area (Å²) in [5, 5.41) is 0.447. The summed E-state index contributed by atoms with van der Waals surface area (Å²) in [5.41, 5.74) is 1.49. The fourth-order valence-corrected chi connectivity index (χ4v) is 2.14. The van der Waals surface area contributed by atoms with Crippen molar-refractivity contribution in [3.63, 3.8) is 0 Å². The van der Waals surface area contributed by atoms with Gasteiger partial charge in [-0.2, -0.15) is 0 Å². The third-order valence-corrected chi connectivity index (χ3v) is 3.02. The Bertz CT molecular complexity index is 664. The van der Waals surface area contributed by atoms with E-state index in [1.165, 1.54) is 18.5 Å². The first kappa shape index (κ1) is 10.2. The van der Waals surface area contributed by atoms with Gasteiger partial charge in [0.2, 0.25) is 0 Å². The van der Waals surface area contributed by atoms with Crippen LogP contribution >= 0.6 is 11.6 Å². The molecule has 1 aliphatic rings. The van der Waals surface area contributed by atoms with Gasteiger partial charge in [-0.15, -0.1) is 0 Å². The summed E-state index contributed by atoms with van der Waals surface area (Å²) in [6.07, 6.45) is 2.92. The van der Waals surface area contributed by atoms with E-state index >= 15 is 0 Å². The lowest BCUT2D eigenvalue weighted by molar-refractivity contribution is 0.0978. The molecular formula is C13H6ClNO2. The van der Waals surface area contributed by atoms with Crippen LogP contribution in [0.5, 0.6) is 0 Å². The normalized spacial score (nSPS) is 13.2. The van der Waals surface area contributed by atoms with E-state index < -0.39 is 0 Å². The Kier molecular flexibility index (Phi) is 2.09. The van der Waals surface area contributed by atoms with E-state index in [0.29, 0.717) is 27.3 Å². The number of carbonyl (C=O) groups is 2. The molecule has 0 bridgehead atoms. The third-order valence-electron chi connectivity index (χ3n) is 2.78. The molecule has 2 aromatic rings. The first-order valence-electron chi connectivity index (χ1n) is 5.01. The van der Waals surface area contributed by atoms with Gasteiger partial charge in [-0.1, -0.05) is 11.6 Å². The molecule has 3 rings (SSSR count). The Morgan fingerprint density at radius 1 is 0.882 bits per heavy atom. The maximum atomic E-state index is 12.2. The monoisotopic (exact) mass is 243 g/mol. The SMILES string of the molecule is O=C1c2ccc(Cl)cc2C(=O)c2ccncc21. The van der Waals surface area contributed by atoms with E-state index in [-0.39, 0.29) is 11.6 Å². The van der Waals surface area contributed by atoms with Gasteiger partial charge in [-0.25, -0.2) is 0 Å². The van der Waals surface area contributed by atoms with Crippen LogP contribution in [0.3, 0.4) is 0 Å². The van der Waals surface area contributed by atoms with Gasteiger partial charge in [0.1, 0.15) is 0 Å². The number of carbonyl (C=O) groups excluding carboxylic acids is 2. The van der Waals surface area contributed by atoms with Crippen molar-refractivity contribution in [2.24, 2.45) is 0 Å². The van der Waals surface area contributed by atoms with E-state index in [1.807, 2.05) is 0 Å². The number of rotatable bonds is 0. The molecule has 1 heterocycles. The number of ketones is 2. The smallest absolute Gasteiger partial charge is 0.196 e. The predicted molar refractivity (Wildman–Crippen MR) is 62.6 cm³/mol. The second-order valence-corrected chi connectivity index (χ2v) is 4.21. The second kappa shape index (κ2) is 3.50. The minimum Gasteiger partial charge on any atom is -0.289 e. The van der Waals surface area contributed by atoms with Crippen LogP contribution in [0.25, 0.3) is 0 Å². The highest BCUT2D eigenvalue weighted by Crippen LogP contribution is 2.28. The highest BCUT2D eigenvalue weighted by molar-refractivity contribution is 6.33. The second-order valence-electron chi connectivity index (χ2n) is 3.77. The predicted octanol–water partition coefficient (Wildman–Crippen LogP) is 2.51. The molecule has 17 heavy (non-hydrogen) atoms. The van der Waals surface area contributed by atoms with Crippen molar-refractivity contribution in [3.8, 4) is 0 Å². The molecular weight excluding hydrogens is 238 g/mol. The number of aromatic nitrogens is 1. The van der Waals surface area contributed by atoms with Gasteiger partial charge in [0.25, 0.3) is 0 Å². The Morgan fingerprint density at radius 3 is 2.41 bits per heavy atom. The molecule has 0 spiro atoms. The van der Waals surface area contributed by atoms with Crippen molar-refractivity contribution < 1.29 is 9.59 Å². The van der Waals surface area contributed by atoms with Crippen LogP contribution in [0, 0.1) is 0 Å². The van der Waals surface area contributed by atoms with Crippen LogP contribution in [0.2, 0.25) is 5.02 Å². The van der Waals surface area contributed by atoms with E-state index in [1.54, 1.807) is 18.2 Å². The fourth-order valence-electron chi connectivity index (χ4n) is 1.97. The van der Waals surface area contributed by atoms with Crippen LogP contribution in [0.4, 0.5) is 0 Å². The minimum atomic E-state index is -0.181. The van der Waals surface area contributed by atoms with Gasteiger partial charge in [0.15, 0.2) is 11.6 Å². The summed E-state index contributed by atoms with van der Waals surface area (Å²) >= 11 is 5.84. The summed E-state index contributed by atoms with van der Waals surface area (Å²) < 4.78 is 0. The van der Waals surface area contributed by atoms with Gasteiger partial charge in [-0.05, 0) is 24.3 Å². The summed E-state index contributed by atoms with van der Waals surface area (Å²) in [5.74, 6) is -0.362. The standard InChI is InChI=1S/C13H6ClNO2/c14-7-1-2-8-10(5-7)12(16)9-3-4-15-6-11(9)13(8)17/h1-6H. The summed E-state index contributed by atoms with van der Waals surface area (Å²) in [6, 6.07) is 6.26. The lowest BCUT2D eigenvalue weighted by Crippen LogP contribution is -2.20. The van der Waals surface area contributed by atoms with Crippen molar-refractivity contribution in [3.05, 3.63) is 63.9 Å². The van der Waals surface area contributed by atoms with Crippen LogP contribution in [0.15, 0.2) is 36.7 Å². The number of halogens is 1. The van der Waals surface area contributed by atoms with E-state index in [9.17, 15) is 9.59 Å². The summed E-state index contributed by atoms with van der Waals surface area (Å²) in [6.45, 7) is 0. The molecule has 0 saturated carbocycles. The molecule has 1 aromatic heterocycles. The van der Waals surface area contributed by atoms with E-state index in [2.05, 4.69) is 4.98 Å². The topological polar surface area (TPSA) is 47.0 Å². The van der Waals surface area contributed by atoms with Gasteiger partial charge >= 0.3 is 0 Å². The molecule has 0 atom stereocenters. The number of fused-ring (bicyclic) bond motifs is 2. The number of pyridine rings is 1. The van der Waals surface area contributed by atoms with Crippen molar-refractivity contribution in [2.75, 3.05) is 0 Å². The largest absolute Gasteiger partial charge is 0.289 e. The van der Waals surface area contributed by atoms with Gasteiger partial charge in [0.05, 0.1) is 5.56 Å². The number of nitrogens with zero attached hydrogens (tertiary/aromatic N) is 1. The Labute approximate surface area is 102 Å². The van der Waals surface area contributed by atoms with Crippen molar-refractivity contribution >= 4 is 23.2 Å². The molecule has 0 saturated heterocycles. The molecule has 1 aliphatic carbocycles. The molecule has 0 fully saturated rings. The average molecular weight is 244 g/mol. The lowest BCUT2D eigenvalue weighted by Gasteiger charge is -2.16. The molecule has 82 valence electrons. The number of hydrogen-bond donors (Lipinski definition) is 0. The molecule has 0 amide bonds. The molecule has 3 nitrogen and oxygen atoms in total. The van der Waals surface area contributed by atoms with Gasteiger partial charge < -0.3 is 0 Å². The molecule has 0 radical (unpaired) electrons. The van der Waals surface area contributed by atoms with Gasteiger partial charge in [0, 0.05) is 34.1 Å². The first-order valence-corrected chi connectivity index (χ1v) is 5.39. The molecule has 0 unspecified atom stereocenters. The Hall–Kier alpha value is -2.00. The number of hydrogen-bond acceptors (Lipinski definition) is 3. The minimum absolute atomic E-state index is 0.181. The van der Waals surface area contributed by atoms with E-state index in [4.69, 9.17) is 11.6 Å². The van der Waals surface area contributed by atoms with Crippen LogP contribution in [0.1, 0.15) is 31.8 Å². The first-order chi connectivity index (χ1) is 8.18. The van der Waals surface area contributed by atoms with Crippen LogP contribution in [-0.2, 0) is 0 Å². The summed E-state index contributed by atoms with van der Waals surface area (Å²) in [4.78, 5) is 28.2. The average Bonchev–Trinajstić information content (AvgIpc) is 2.36. The zero-order chi connectivity index (χ0) is 12.0. The molecule has 1 aromatic carbocycles. The van der Waals surface area contributed by atoms with Crippen molar-refractivity contribution in [2.45, 2.75) is 0 Å². The van der Waals surface area contributed by atoms with Crippen LogP contribution < -0.4 is 0 Å². The van der Waals surface area contributed by atoms with Crippen molar-refractivity contribution in [1.29, 1.82) is 0 Å². The Balaban J connectivity index is 2.33. The quantitative estimate of drug-likeness (QED) is 0.610. The van der Waals surface area contributed by atoms with Crippen LogP contribution in [-0.4, -0.2) is 16.6 Å². The molecule has 4 heteroatoms.